The van der Waals surface area contributed by atoms with Crippen LogP contribution in [0.5, 0.6) is 0 Å². The average molecular weight is 389 g/mol. The highest BCUT2D eigenvalue weighted by Crippen LogP contribution is 2.26. The maximum atomic E-state index is 13.2. The predicted molar refractivity (Wildman–Crippen MR) is 91.4 cm³/mol. The van der Waals surface area contributed by atoms with E-state index in [1.165, 1.54) is 0 Å². The summed E-state index contributed by atoms with van der Waals surface area (Å²) in [7, 11) is 0. The summed E-state index contributed by atoms with van der Waals surface area (Å²) < 4.78 is 26.4. The number of carbonyl (C=O) groups excluding carboxylic acids is 1. The third kappa shape index (κ3) is 4.89. The fraction of sp³-hybridized carbons (Fsp3) is 0.692. The summed E-state index contributed by atoms with van der Waals surface area (Å²) >= 11 is 1.57. The molecule has 10 heteroatoms. The van der Waals surface area contributed by atoms with Crippen molar-refractivity contribution >= 4 is 47.2 Å². The number of rotatable bonds is 2. The van der Waals surface area contributed by atoms with E-state index in [-0.39, 0.29) is 30.7 Å². The summed E-state index contributed by atoms with van der Waals surface area (Å²) in [6, 6.07) is -0.744. The lowest BCUT2D eigenvalue weighted by Crippen LogP contribution is -2.45. The number of aromatic nitrogens is 1. The maximum Gasteiger partial charge on any atom is 0.262 e. The largest absolute Gasteiger partial charge is 0.346 e. The molecule has 23 heavy (non-hydrogen) atoms. The first kappa shape index (κ1) is 20.3. The minimum atomic E-state index is -2.76. The zero-order valence-corrected chi connectivity index (χ0v) is 14.9. The number of halogens is 4. The summed E-state index contributed by atoms with van der Waals surface area (Å²) in [6.45, 7) is 2.31. The average Bonchev–Trinajstić information content (AvgIpc) is 3.02. The van der Waals surface area contributed by atoms with Gasteiger partial charge in [0.25, 0.3) is 5.92 Å². The molecule has 132 valence electrons. The molecule has 1 N–H and O–H groups in total. The number of anilines is 1. The molecule has 2 fully saturated rings. The molecule has 1 amide bonds. The van der Waals surface area contributed by atoms with Crippen LogP contribution in [0.1, 0.15) is 12.8 Å². The minimum absolute atomic E-state index is 0. The Balaban J connectivity index is 0.00000132. The lowest BCUT2D eigenvalue weighted by atomic mass is 10.1. The smallest absolute Gasteiger partial charge is 0.262 e. The number of nitrogens with zero attached hydrogens (tertiary/aromatic N) is 3. The van der Waals surface area contributed by atoms with E-state index in [0.717, 1.165) is 18.1 Å². The van der Waals surface area contributed by atoms with Crippen LogP contribution in [0.15, 0.2) is 11.6 Å². The van der Waals surface area contributed by atoms with Crippen molar-refractivity contribution in [2.24, 2.45) is 0 Å². The summed E-state index contributed by atoms with van der Waals surface area (Å²) in [6.07, 6.45) is 2.20. The van der Waals surface area contributed by atoms with Gasteiger partial charge in [-0.2, -0.15) is 0 Å². The van der Waals surface area contributed by atoms with Gasteiger partial charge in [0.15, 0.2) is 5.13 Å². The van der Waals surface area contributed by atoms with Crippen LogP contribution in [0, 0.1) is 0 Å². The zero-order chi connectivity index (χ0) is 14.9. The standard InChI is InChI=1S/C13H18F2N4OS.2ClH/c14-13(15)8-10(17-9-13)11(20)18-3-1-4-19(6-5-18)12-16-2-7-21-12;;/h2,7,10,17H,1,3-6,8-9H2;2*1H. The molecule has 0 bridgehead atoms. The Hall–Kier alpha value is -0.700. The van der Waals surface area contributed by atoms with E-state index in [9.17, 15) is 13.6 Å². The van der Waals surface area contributed by atoms with Crippen molar-refractivity contribution in [2.45, 2.75) is 24.8 Å². The van der Waals surface area contributed by atoms with E-state index in [0.29, 0.717) is 19.6 Å². The highest BCUT2D eigenvalue weighted by atomic mass is 35.5. The van der Waals surface area contributed by atoms with Gasteiger partial charge in [0, 0.05) is 44.2 Å². The maximum absolute atomic E-state index is 13.2. The molecule has 2 saturated heterocycles. The van der Waals surface area contributed by atoms with Gasteiger partial charge in [-0.25, -0.2) is 13.8 Å². The van der Waals surface area contributed by atoms with Gasteiger partial charge < -0.3 is 9.80 Å². The van der Waals surface area contributed by atoms with E-state index in [4.69, 9.17) is 0 Å². The van der Waals surface area contributed by atoms with Gasteiger partial charge in [0.2, 0.25) is 5.91 Å². The number of hydrogen-bond donors (Lipinski definition) is 1. The normalized spacial score (nSPS) is 23.7. The first-order valence-corrected chi connectivity index (χ1v) is 7.98. The molecular formula is C13H20Cl2F2N4OS. The quantitative estimate of drug-likeness (QED) is 0.841. The molecule has 1 unspecified atom stereocenters. The Morgan fingerprint density at radius 1 is 1.30 bits per heavy atom. The number of alkyl halides is 2. The summed E-state index contributed by atoms with van der Waals surface area (Å²) in [5.74, 6) is -2.97. The van der Waals surface area contributed by atoms with Gasteiger partial charge in [0.1, 0.15) is 0 Å². The van der Waals surface area contributed by atoms with Crippen LogP contribution in [0.3, 0.4) is 0 Å². The third-order valence-corrected chi connectivity index (χ3v) is 4.74. The highest BCUT2D eigenvalue weighted by Gasteiger charge is 2.43. The summed E-state index contributed by atoms with van der Waals surface area (Å²) in [5, 5.41) is 5.52. The molecule has 2 aliphatic heterocycles. The lowest BCUT2D eigenvalue weighted by Gasteiger charge is -2.24. The van der Waals surface area contributed by atoms with Gasteiger partial charge in [-0.15, -0.1) is 36.2 Å². The second-order valence-electron chi connectivity index (χ2n) is 5.47. The number of nitrogens with one attached hydrogen (secondary N) is 1. The van der Waals surface area contributed by atoms with Gasteiger partial charge in [0.05, 0.1) is 12.6 Å². The second kappa shape index (κ2) is 8.41. The molecule has 1 aromatic rings. The molecule has 0 saturated carbocycles. The fourth-order valence-electron chi connectivity index (χ4n) is 2.81. The second-order valence-corrected chi connectivity index (χ2v) is 6.35. The number of thiazole rings is 1. The van der Waals surface area contributed by atoms with Crippen molar-refractivity contribution in [1.82, 2.24) is 15.2 Å². The Morgan fingerprint density at radius 2 is 2.09 bits per heavy atom. The Bertz CT molecular complexity index is 506. The third-order valence-electron chi connectivity index (χ3n) is 3.91. The van der Waals surface area contributed by atoms with Crippen LogP contribution >= 0.6 is 36.2 Å². The van der Waals surface area contributed by atoms with Gasteiger partial charge in [-0.05, 0) is 6.42 Å². The molecule has 5 nitrogen and oxygen atoms in total. The lowest BCUT2D eigenvalue weighted by molar-refractivity contribution is -0.133. The molecule has 0 aromatic carbocycles. The van der Waals surface area contributed by atoms with Gasteiger partial charge in [-0.1, -0.05) is 0 Å². The molecule has 3 rings (SSSR count). The van der Waals surface area contributed by atoms with E-state index in [1.54, 1.807) is 22.4 Å². The fourth-order valence-corrected chi connectivity index (χ4v) is 3.51. The number of amides is 1. The molecular weight excluding hydrogens is 369 g/mol. The highest BCUT2D eigenvalue weighted by molar-refractivity contribution is 7.13. The topological polar surface area (TPSA) is 48.5 Å². The van der Waals surface area contributed by atoms with Crippen LogP contribution in [-0.2, 0) is 4.79 Å². The molecule has 1 aromatic heterocycles. The molecule has 1 atom stereocenters. The van der Waals surface area contributed by atoms with Crippen molar-refractivity contribution in [1.29, 1.82) is 0 Å². The molecule has 2 aliphatic rings. The molecule has 0 radical (unpaired) electrons. The van der Waals surface area contributed by atoms with E-state index in [1.807, 2.05) is 5.38 Å². The summed E-state index contributed by atoms with van der Waals surface area (Å²) in [5.41, 5.74) is 0. The zero-order valence-electron chi connectivity index (χ0n) is 12.4. The van der Waals surface area contributed by atoms with Crippen LogP contribution in [0.2, 0.25) is 0 Å². The van der Waals surface area contributed by atoms with Gasteiger partial charge in [-0.3, -0.25) is 10.1 Å². The number of carbonyl (C=O) groups is 1. The SMILES string of the molecule is Cl.Cl.O=C(C1CC(F)(F)CN1)N1CCCN(c2nccs2)CC1. The van der Waals surface area contributed by atoms with E-state index < -0.39 is 24.9 Å². The molecule has 0 aliphatic carbocycles. The van der Waals surface area contributed by atoms with Crippen LogP contribution in [0.4, 0.5) is 13.9 Å². The van der Waals surface area contributed by atoms with Crippen LogP contribution in [-0.4, -0.2) is 60.5 Å². The number of hydrogen-bond acceptors (Lipinski definition) is 5. The summed E-state index contributed by atoms with van der Waals surface area (Å²) in [4.78, 5) is 20.5. The minimum Gasteiger partial charge on any atom is -0.346 e. The Morgan fingerprint density at radius 3 is 2.70 bits per heavy atom. The molecule has 3 heterocycles. The van der Waals surface area contributed by atoms with Crippen molar-refractivity contribution in [3.63, 3.8) is 0 Å². The monoisotopic (exact) mass is 388 g/mol. The Labute approximate surface area is 150 Å². The van der Waals surface area contributed by atoms with Gasteiger partial charge >= 0.3 is 0 Å². The van der Waals surface area contributed by atoms with Crippen molar-refractivity contribution in [2.75, 3.05) is 37.6 Å². The van der Waals surface area contributed by atoms with Crippen molar-refractivity contribution in [3.05, 3.63) is 11.6 Å². The first-order chi connectivity index (χ1) is 10.1. The van der Waals surface area contributed by atoms with E-state index >= 15 is 0 Å². The van der Waals surface area contributed by atoms with Crippen molar-refractivity contribution in [3.8, 4) is 0 Å². The van der Waals surface area contributed by atoms with Crippen molar-refractivity contribution < 1.29 is 13.6 Å². The Kier molecular flexibility index (Phi) is 7.44. The van der Waals surface area contributed by atoms with Crippen LogP contribution < -0.4 is 10.2 Å². The predicted octanol–water partition coefficient (Wildman–Crippen LogP) is 2.02. The first-order valence-electron chi connectivity index (χ1n) is 7.10. The van der Waals surface area contributed by atoms with Crippen LogP contribution in [0.25, 0.3) is 0 Å². The molecule has 0 spiro atoms. The van der Waals surface area contributed by atoms with E-state index in [2.05, 4.69) is 15.2 Å².